The van der Waals surface area contributed by atoms with Crippen LogP contribution in [0.15, 0.2) is 36.4 Å². The first-order valence-corrected chi connectivity index (χ1v) is 7.91. The smallest absolute Gasteiger partial charge is 0.312 e. The Labute approximate surface area is 133 Å². The lowest BCUT2D eigenvalue weighted by Gasteiger charge is -2.32. The van der Waals surface area contributed by atoms with Gasteiger partial charge in [0.15, 0.2) is 0 Å². The topological polar surface area (TPSA) is 26.3 Å². The van der Waals surface area contributed by atoms with Crippen molar-refractivity contribution in [3.05, 3.63) is 47.5 Å². The zero-order valence-electron chi connectivity index (χ0n) is 14.5. The van der Waals surface area contributed by atoms with E-state index in [1.165, 1.54) is 16.3 Å². The fraction of sp³-hybridized carbons (Fsp3) is 0.450. The molecule has 0 aliphatic heterocycles. The first-order valence-electron chi connectivity index (χ1n) is 7.91. The summed E-state index contributed by atoms with van der Waals surface area (Å²) in [5.74, 6) is -0.146. The van der Waals surface area contributed by atoms with Crippen molar-refractivity contribution in [2.24, 2.45) is 5.41 Å². The molecule has 0 bridgehead atoms. The third-order valence-electron chi connectivity index (χ3n) is 4.63. The van der Waals surface area contributed by atoms with Gasteiger partial charge in [0.05, 0.1) is 5.41 Å². The second kappa shape index (κ2) is 5.75. The number of aryl methyl sites for hydroxylation is 1. The minimum atomic E-state index is -0.641. The summed E-state index contributed by atoms with van der Waals surface area (Å²) in [6.45, 7) is 11.9. The standard InChI is InChI=1S/C20H26O2/c1-7-19(3,4)18(21)22-20(5,6)17-13-12-15-10-8-9-11-16(15)14(17)2/h8-13H,7H2,1-6H3. The average molecular weight is 298 g/mol. The summed E-state index contributed by atoms with van der Waals surface area (Å²) < 4.78 is 5.87. The van der Waals surface area contributed by atoms with Gasteiger partial charge in [-0.3, -0.25) is 4.79 Å². The van der Waals surface area contributed by atoms with Gasteiger partial charge in [-0.1, -0.05) is 43.3 Å². The van der Waals surface area contributed by atoms with Crippen LogP contribution in [0.2, 0.25) is 0 Å². The van der Waals surface area contributed by atoms with Gasteiger partial charge in [0.25, 0.3) is 0 Å². The van der Waals surface area contributed by atoms with Crippen molar-refractivity contribution in [1.82, 2.24) is 0 Å². The number of hydrogen-bond donors (Lipinski definition) is 0. The van der Waals surface area contributed by atoms with Gasteiger partial charge in [0, 0.05) is 0 Å². The number of rotatable bonds is 4. The second-order valence-corrected chi connectivity index (χ2v) is 7.10. The number of carbonyl (C=O) groups excluding carboxylic acids is 1. The molecule has 0 aromatic heterocycles. The monoisotopic (exact) mass is 298 g/mol. The van der Waals surface area contributed by atoms with E-state index in [1.807, 2.05) is 46.8 Å². The largest absolute Gasteiger partial charge is 0.454 e. The normalized spacial score (nSPS) is 12.5. The van der Waals surface area contributed by atoms with Gasteiger partial charge in [0.1, 0.15) is 5.60 Å². The summed E-state index contributed by atoms with van der Waals surface area (Å²) in [6.07, 6.45) is 0.763. The molecule has 2 rings (SSSR count). The molecule has 118 valence electrons. The van der Waals surface area contributed by atoms with E-state index in [0.717, 1.165) is 12.0 Å². The maximum Gasteiger partial charge on any atom is 0.312 e. The molecule has 22 heavy (non-hydrogen) atoms. The second-order valence-electron chi connectivity index (χ2n) is 7.10. The van der Waals surface area contributed by atoms with Gasteiger partial charge < -0.3 is 4.74 Å². The van der Waals surface area contributed by atoms with Crippen molar-refractivity contribution in [2.45, 2.75) is 53.6 Å². The molecule has 0 aliphatic carbocycles. The van der Waals surface area contributed by atoms with Crippen LogP contribution in [-0.4, -0.2) is 5.97 Å². The van der Waals surface area contributed by atoms with Gasteiger partial charge >= 0.3 is 5.97 Å². The minimum Gasteiger partial charge on any atom is -0.454 e. The van der Waals surface area contributed by atoms with Crippen LogP contribution in [0.25, 0.3) is 10.8 Å². The van der Waals surface area contributed by atoms with Crippen LogP contribution in [0.3, 0.4) is 0 Å². The maximum absolute atomic E-state index is 12.4. The lowest BCUT2D eigenvalue weighted by atomic mass is 9.87. The predicted octanol–water partition coefficient (Wildman–Crippen LogP) is 5.36. The molecule has 0 atom stereocenters. The highest BCUT2D eigenvalue weighted by atomic mass is 16.6. The lowest BCUT2D eigenvalue weighted by molar-refractivity contribution is -0.168. The van der Waals surface area contributed by atoms with Crippen molar-refractivity contribution in [2.75, 3.05) is 0 Å². The summed E-state index contributed by atoms with van der Waals surface area (Å²) >= 11 is 0. The summed E-state index contributed by atoms with van der Waals surface area (Å²) in [4.78, 5) is 12.4. The fourth-order valence-electron chi connectivity index (χ4n) is 2.65. The number of carbonyl (C=O) groups is 1. The van der Waals surface area contributed by atoms with Gasteiger partial charge in [0.2, 0.25) is 0 Å². The average Bonchev–Trinajstić information content (AvgIpc) is 2.47. The Kier molecular flexibility index (Phi) is 4.32. The summed E-state index contributed by atoms with van der Waals surface area (Å²) in [6, 6.07) is 12.5. The molecule has 2 aromatic carbocycles. The van der Waals surface area contributed by atoms with Crippen LogP contribution in [-0.2, 0) is 15.1 Å². The Morgan fingerprint density at radius 1 is 1.05 bits per heavy atom. The molecule has 0 heterocycles. The molecule has 0 amide bonds. The molecule has 0 saturated heterocycles. The van der Waals surface area contributed by atoms with E-state index in [4.69, 9.17) is 4.74 Å². The van der Waals surface area contributed by atoms with E-state index in [-0.39, 0.29) is 5.97 Å². The van der Waals surface area contributed by atoms with Crippen LogP contribution in [0.1, 0.15) is 52.2 Å². The zero-order chi connectivity index (χ0) is 16.5. The Morgan fingerprint density at radius 3 is 2.32 bits per heavy atom. The van der Waals surface area contributed by atoms with E-state index in [2.05, 4.69) is 31.2 Å². The first kappa shape index (κ1) is 16.5. The molecule has 0 unspecified atom stereocenters. The van der Waals surface area contributed by atoms with Crippen LogP contribution in [0, 0.1) is 12.3 Å². The molecule has 2 aromatic rings. The minimum absolute atomic E-state index is 0.146. The summed E-state index contributed by atoms with van der Waals surface area (Å²) in [5, 5.41) is 2.42. The third kappa shape index (κ3) is 3.01. The van der Waals surface area contributed by atoms with E-state index in [0.29, 0.717) is 0 Å². The zero-order valence-corrected chi connectivity index (χ0v) is 14.5. The molecule has 2 heteroatoms. The molecule has 0 saturated carbocycles. The van der Waals surface area contributed by atoms with Crippen molar-refractivity contribution in [3.8, 4) is 0 Å². The Morgan fingerprint density at radius 2 is 1.68 bits per heavy atom. The number of fused-ring (bicyclic) bond motifs is 1. The Balaban J connectivity index is 2.41. The van der Waals surface area contributed by atoms with E-state index < -0.39 is 11.0 Å². The molecule has 0 spiro atoms. The van der Waals surface area contributed by atoms with Crippen LogP contribution in [0.5, 0.6) is 0 Å². The highest BCUT2D eigenvalue weighted by molar-refractivity contribution is 5.87. The van der Waals surface area contributed by atoms with E-state index in [1.54, 1.807) is 0 Å². The number of ether oxygens (including phenoxy) is 1. The van der Waals surface area contributed by atoms with Crippen LogP contribution in [0.4, 0.5) is 0 Å². The van der Waals surface area contributed by atoms with Crippen molar-refractivity contribution in [1.29, 1.82) is 0 Å². The molecule has 0 radical (unpaired) electrons. The number of benzene rings is 2. The van der Waals surface area contributed by atoms with Gasteiger partial charge in [-0.25, -0.2) is 0 Å². The molecule has 0 aliphatic rings. The van der Waals surface area contributed by atoms with E-state index in [9.17, 15) is 4.79 Å². The van der Waals surface area contributed by atoms with Gasteiger partial charge in [-0.2, -0.15) is 0 Å². The highest BCUT2D eigenvalue weighted by Crippen LogP contribution is 2.34. The quantitative estimate of drug-likeness (QED) is 0.710. The van der Waals surface area contributed by atoms with Gasteiger partial charge in [-0.05, 0) is 62.9 Å². The summed E-state index contributed by atoms with van der Waals surface area (Å²) in [5.41, 5.74) is 1.14. The summed E-state index contributed by atoms with van der Waals surface area (Å²) in [7, 11) is 0. The predicted molar refractivity (Wildman–Crippen MR) is 91.9 cm³/mol. The number of esters is 1. The SMILES string of the molecule is CCC(C)(C)C(=O)OC(C)(C)c1ccc2ccccc2c1C. The molecular formula is C20H26O2. The first-order chi connectivity index (χ1) is 10.2. The fourth-order valence-corrected chi connectivity index (χ4v) is 2.65. The van der Waals surface area contributed by atoms with E-state index >= 15 is 0 Å². The molecule has 0 N–H and O–H groups in total. The molecular weight excluding hydrogens is 272 g/mol. The van der Waals surface area contributed by atoms with Crippen molar-refractivity contribution < 1.29 is 9.53 Å². The lowest BCUT2D eigenvalue weighted by Crippen LogP contribution is -2.34. The third-order valence-corrected chi connectivity index (χ3v) is 4.63. The van der Waals surface area contributed by atoms with Crippen LogP contribution < -0.4 is 0 Å². The van der Waals surface area contributed by atoms with Crippen molar-refractivity contribution >= 4 is 16.7 Å². The number of hydrogen-bond acceptors (Lipinski definition) is 2. The molecule has 2 nitrogen and oxygen atoms in total. The van der Waals surface area contributed by atoms with Gasteiger partial charge in [-0.15, -0.1) is 0 Å². The van der Waals surface area contributed by atoms with Crippen molar-refractivity contribution in [3.63, 3.8) is 0 Å². The Hall–Kier alpha value is -1.83. The maximum atomic E-state index is 12.4. The highest BCUT2D eigenvalue weighted by Gasteiger charge is 2.34. The Bertz CT molecular complexity index is 696. The molecule has 0 fully saturated rings. The van der Waals surface area contributed by atoms with Crippen LogP contribution >= 0.6 is 0 Å².